The van der Waals surface area contributed by atoms with E-state index in [1.165, 1.54) is 7.11 Å². The predicted octanol–water partition coefficient (Wildman–Crippen LogP) is 4.52. The highest BCUT2D eigenvalue weighted by atomic mass is 35.5. The molecule has 152 valence electrons. The number of hydrogen-bond acceptors (Lipinski definition) is 5. The third-order valence-corrected chi connectivity index (χ3v) is 4.84. The molecule has 0 aliphatic heterocycles. The minimum absolute atomic E-state index is 0.207. The number of hydrogen-bond donors (Lipinski definition) is 0. The Balaban J connectivity index is 1.98. The third-order valence-electron chi connectivity index (χ3n) is 4.59. The number of benzene rings is 2. The van der Waals surface area contributed by atoms with Crippen molar-refractivity contribution < 1.29 is 19.1 Å². The van der Waals surface area contributed by atoms with Crippen LogP contribution < -0.4 is 4.74 Å². The van der Waals surface area contributed by atoms with E-state index in [0.717, 1.165) is 22.2 Å². The highest BCUT2D eigenvalue weighted by molar-refractivity contribution is 6.37. The minimum atomic E-state index is -0.494. The van der Waals surface area contributed by atoms with Crippen LogP contribution in [0.25, 0.3) is 10.9 Å². The Morgan fingerprint density at radius 2 is 1.86 bits per heavy atom. The fourth-order valence-corrected chi connectivity index (χ4v) is 3.35. The Kier molecular flexibility index (Phi) is 6.77. The van der Waals surface area contributed by atoms with Crippen LogP contribution in [0.4, 0.5) is 0 Å². The molecule has 3 rings (SSSR count). The van der Waals surface area contributed by atoms with Gasteiger partial charge in [0.05, 0.1) is 12.3 Å². The molecule has 0 fully saturated rings. The van der Waals surface area contributed by atoms with Gasteiger partial charge >= 0.3 is 5.97 Å². The maximum absolute atomic E-state index is 12.3. The first-order chi connectivity index (χ1) is 14.0. The van der Waals surface area contributed by atoms with E-state index in [1.807, 2.05) is 43.4 Å². The maximum atomic E-state index is 12.3. The molecule has 0 bridgehead atoms. The van der Waals surface area contributed by atoms with Crippen LogP contribution in [0.15, 0.2) is 53.7 Å². The van der Waals surface area contributed by atoms with Gasteiger partial charge in [-0.1, -0.05) is 35.0 Å². The zero-order valence-corrected chi connectivity index (χ0v) is 17.4. The van der Waals surface area contributed by atoms with Crippen LogP contribution in [0, 0.1) is 0 Å². The number of aryl methyl sites for hydroxylation is 1. The molecule has 2 aromatic carbocycles. The number of oxime groups is 1. The summed E-state index contributed by atoms with van der Waals surface area (Å²) in [7, 11) is 3.39. The Hall–Kier alpha value is -2.99. The first kappa shape index (κ1) is 20.7. The van der Waals surface area contributed by atoms with E-state index in [1.54, 1.807) is 19.1 Å². The van der Waals surface area contributed by atoms with E-state index in [9.17, 15) is 4.79 Å². The summed E-state index contributed by atoms with van der Waals surface area (Å²) in [6, 6.07) is 15.2. The molecule has 0 aliphatic carbocycles. The molecule has 0 atom stereocenters. The van der Waals surface area contributed by atoms with Crippen LogP contribution in [0.5, 0.6) is 5.75 Å². The van der Waals surface area contributed by atoms with Crippen LogP contribution in [0.3, 0.4) is 0 Å². The van der Waals surface area contributed by atoms with Crippen LogP contribution in [-0.2, 0) is 34.4 Å². The van der Waals surface area contributed by atoms with Gasteiger partial charge in [-0.05, 0) is 42.8 Å². The van der Waals surface area contributed by atoms with E-state index in [-0.39, 0.29) is 18.7 Å². The lowest BCUT2D eigenvalue weighted by Gasteiger charge is -2.11. The molecular formula is C22H23ClN2O4. The molecule has 0 saturated heterocycles. The summed E-state index contributed by atoms with van der Waals surface area (Å²) in [6.45, 7) is 2.35. The molecule has 0 radical (unpaired) electrons. The van der Waals surface area contributed by atoms with Crippen molar-refractivity contribution in [3.8, 4) is 5.75 Å². The molecule has 0 unspecified atom stereocenters. The van der Waals surface area contributed by atoms with E-state index in [4.69, 9.17) is 25.9 Å². The number of carbonyl (C=O) groups is 1. The average Bonchev–Trinajstić information content (AvgIpc) is 2.99. The van der Waals surface area contributed by atoms with Gasteiger partial charge < -0.3 is 18.9 Å². The van der Waals surface area contributed by atoms with E-state index in [0.29, 0.717) is 17.4 Å². The van der Waals surface area contributed by atoms with Crippen molar-refractivity contribution in [2.75, 3.05) is 13.7 Å². The lowest BCUT2D eigenvalue weighted by Crippen LogP contribution is -2.21. The molecule has 3 aromatic rings. The second kappa shape index (κ2) is 9.47. The Morgan fingerprint density at radius 3 is 2.55 bits per heavy atom. The topological polar surface area (TPSA) is 62.0 Å². The maximum Gasteiger partial charge on any atom is 0.356 e. The normalized spacial score (nSPS) is 11.5. The molecule has 6 nitrogen and oxygen atoms in total. The van der Waals surface area contributed by atoms with Gasteiger partial charge in [0.2, 0.25) is 0 Å². The molecule has 0 saturated carbocycles. The molecule has 0 spiro atoms. The highest BCUT2D eigenvalue weighted by Gasteiger charge is 2.22. The molecule has 0 amide bonds. The largest absolute Gasteiger partial charge is 0.487 e. The SMILES string of the molecule is CCOC(=O)/C(Cc1c(COc2ccc(Cl)cc2)n(C)c2ccccc12)=N/OC. The Labute approximate surface area is 174 Å². The Bertz CT molecular complexity index is 1030. The van der Waals surface area contributed by atoms with Crippen molar-refractivity contribution in [2.45, 2.75) is 20.0 Å². The summed E-state index contributed by atoms with van der Waals surface area (Å²) in [5, 5.41) is 5.58. The quantitative estimate of drug-likeness (QED) is 0.309. The van der Waals surface area contributed by atoms with Crippen molar-refractivity contribution in [2.24, 2.45) is 12.2 Å². The second-order valence-corrected chi connectivity index (χ2v) is 6.80. The fourth-order valence-electron chi connectivity index (χ4n) is 3.22. The van der Waals surface area contributed by atoms with Gasteiger partial charge in [-0.3, -0.25) is 0 Å². The number of nitrogens with zero attached hydrogens (tertiary/aromatic N) is 2. The van der Waals surface area contributed by atoms with Gasteiger partial charge in [0, 0.05) is 29.4 Å². The minimum Gasteiger partial charge on any atom is -0.487 e. The number of rotatable bonds is 8. The standard InChI is InChI=1S/C22H23ClN2O4/c1-4-28-22(26)19(24-27-3)13-18-17-7-5-6-8-20(17)25(2)21(18)14-29-16-11-9-15(23)10-12-16/h5-12H,4,13-14H2,1-3H3/b24-19+. The molecule has 0 aliphatic rings. The van der Waals surface area contributed by atoms with Gasteiger partial charge in [0.1, 0.15) is 19.5 Å². The van der Waals surface area contributed by atoms with Crippen molar-refractivity contribution in [1.29, 1.82) is 0 Å². The zero-order valence-electron chi connectivity index (χ0n) is 16.6. The predicted molar refractivity (Wildman–Crippen MR) is 113 cm³/mol. The lowest BCUT2D eigenvalue weighted by atomic mass is 10.0. The van der Waals surface area contributed by atoms with Crippen molar-refractivity contribution >= 4 is 34.2 Å². The number of esters is 1. The number of carbonyl (C=O) groups excluding carboxylic acids is 1. The Morgan fingerprint density at radius 1 is 1.14 bits per heavy atom. The summed E-state index contributed by atoms with van der Waals surface area (Å²) in [5.41, 5.74) is 3.13. The van der Waals surface area contributed by atoms with Crippen LogP contribution >= 0.6 is 11.6 Å². The molecule has 0 N–H and O–H groups in total. The summed E-state index contributed by atoms with van der Waals surface area (Å²) in [4.78, 5) is 17.2. The van der Waals surface area contributed by atoms with Crippen LogP contribution in [0.1, 0.15) is 18.2 Å². The first-order valence-electron chi connectivity index (χ1n) is 9.25. The number of para-hydroxylation sites is 1. The molecule has 1 aromatic heterocycles. The molecular weight excluding hydrogens is 392 g/mol. The summed E-state index contributed by atoms with van der Waals surface area (Å²) in [5.74, 6) is 0.216. The number of halogens is 1. The zero-order chi connectivity index (χ0) is 20.8. The smallest absolute Gasteiger partial charge is 0.356 e. The van der Waals surface area contributed by atoms with E-state index < -0.39 is 5.97 Å². The fraction of sp³-hybridized carbons (Fsp3) is 0.273. The number of ether oxygens (including phenoxy) is 2. The van der Waals surface area contributed by atoms with E-state index >= 15 is 0 Å². The van der Waals surface area contributed by atoms with Crippen molar-refractivity contribution in [3.63, 3.8) is 0 Å². The summed E-state index contributed by atoms with van der Waals surface area (Å²) < 4.78 is 13.2. The summed E-state index contributed by atoms with van der Waals surface area (Å²) >= 11 is 5.95. The molecule has 1 heterocycles. The third kappa shape index (κ3) is 4.71. The van der Waals surface area contributed by atoms with Crippen LogP contribution in [0.2, 0.25) is 5.02 Å². The van der Waals surface area contributed by atoms with Crippen LogP contribution in [-0.4, -0.2) is 30.0 Å². The highest BCUT2D eigenvalue weighted by Crippen LogP contribution is 2.28. The van der Waals surface area contributed by atoms with Gasteiger partial charge in [0.25, 0.3) is 0 Å². The number of aromatic nitrogens is 1. The number of fused-ring (bicyclic) bond motifs is 1. The van der Waals surface area contributed by atoms with Gasteiger partial charge in [-0.15, -0.1) is 0 Å². The molecule has 29 heavy (non-hydrogen) atoms. The van der Waals surface area contributed by atoms with Crippen molar-refractivity contribution in [3.05, 3.63) is 64.8 Å². The summed E-state index contributed by atoms with van der Waals surface area (Å²) in [6.07, 6.45) is 0.271. The monoisotopic (exact) mass is 414 g/mol. The van der Waals surface area contributed by atoms with Gasteiger partial charge in [-0.2, -0.15) is 0 Å². The van der Waals surface area contributed by atoms with Gasteiger partial charge in [-0.25, -0.2) is 4.79 Å². The molecule has 7 heteroatoms. The second-order valence-electron chi connectivity index (χ2n) is 6.36. The van der Waals surface area contributed by atoms with Gasteiger partial charge in [0.15, 0.2) is 5.71 Å². The average molecular weight is 415 g/mol. The van der Waals surface area contributed by atoms with Crippen molar-refractivity contribution in [1.82, 2.24) is 4.57 Å². The van der Waals surface area contributed by atoms with E-state index in [2.05, 4.69) is 9.72 Å². The first-order valence-corrected chi connectivity index (χ1v) is 9.63. The lowest BCUT2D eigenvalue weighted by molar-refractivity contribution is -0.135.